The number of carbonyl (C=O) groups excluding carboxylic acids is 2. The van der Waals surface area contributed by atoms with Crippen LogP contribution in [0.5, 0.6) is 0 Å². The summed E-state index contributed by atoms with van der Waals surface area (Å²) in [5.41, 5.74) is 0. The van der Waals surface area contributed by atoms with E-state index in [9.17, 15) is 19.5 Å². The molecule has 0 aromatic carbocycles. The zero-order valence-corrected chi connectivity index (χ0v) is 54.7. The number of hydrogen-bond donors (Lipinski definition) is 1. The number of quaternary nitrogens is 1. The van der Waals surface area contributed by atoms with Gasteiger partial charge in [-0.3, -0.25) is 9.59 Å². The molecule has 0 rings (SSSR count). The summed E-state index contributed by atoms with van der Waals surface area (Å²) >= 11 is 0. The molecule has 0 aliphatic heterocycles. The lowest BCUT2D eigenvalue weighted by atomic mass is 10.0. The second kappa shape index (κ2) is 64.0. The highest BCUT2D eigenvalue weighted by Crippen LogP contribution is 2.18. The Morgan fingerprint density at radius 1 is 0.378 bits per heavy atom. The molecule has 0 saturated heterocycles. The van der Waals surface area contributed by atoms with Crippen LogP contribution in [0.1, 0.15) is 328 Å². The van der Waals surface area contributed by atoms with Crippen LogP contribution in [0.4, 0.5) is 0 Å². The van der Waals surface area contributed by atoms with Crippen LogP contribution in [0.3, 0.4) is 0 Å². The number of allylic oxidation sites excluding steroid dienone is 10. The average Bonchev–Trinajstić information content (AvgIpc) is 3.45. The normalized spacial score (nSPS) is 13.0. The molecule has 2 atom stereocenters. The summed E-state index contributed by atoms with van der Waals surface area (Å²) in [5, 5.41) is 9.74. The summed E-state index contributed by atoms with van der Waals surface area (Å²) < 4.78 is 23.0. The molecule has 0 amide bonds. The van der Waals surface area contributed by atoms with E-state index in [0.717, 1.165) is 70.6 Å². The van der Waals surface area contributed by atoms with Gasteiger partial charge in [0.25, 0.3) is 6.29 Å². The van der Waals surface area contributed by atoms with Crippen molar-refractivity contribution in [3.63, 3.8) is 0 Å². The highest BCUT2D eigenvalue weighted by atomic mass is 16.7. The average molecular weight is 1150 g/mol. The van der Waals surface area contributed by atoms with Gasteiger partial charge >= 0.3 is 17.9 Å². The number of likely N-dealkylation sites (N-methyl/N-ethyl adjacent to an activating group) is 1. The number of hydrogen-bond acceptors (Lipinski definition) is 7. The highest BCUT2D eigenvalue weighted by Gasteiger charge is 2.25. The molecule has 0 aliphatic rings. The second-order valence-corrected chi connectivity index (χ2v) is 24.8. The molecule has 0 spiro atoms. The number of esters is 2. The third-order valence-corrected chi connectivity index (χ3v) is 15.5. The number of unbranched alkanes of at least 4 members (excludes halogenated alkanes) is 40. The van der Waals surface area contributed by atoms with Crippen LogP contribution in [-0.2, 0) is 33.3 Å². The lowest BCUT2D eigenvalue weighted by Gasteiger charge is -2.25. The van der Waals surface area contributed by atoms with Gasteiger partial charge in [-0.2, -0.15) is 0 Å². The maximum Gasteiger partial charge on any atom is 0.361 e. The van der Waals surface area contributed by atoms with Crippen LogP contribution >= 0.6 is 0 Å². The lowest BCUT2D eigenvalue weighted by molar-refractivity contribution is -0.870. The summed E-state index contributed by atoms with van der Waals surface area (Å²) in [7, 11) is 5.99. The minimum atomic E-state index is -1.51. The van der Waals surface area contributed by atoms with E-state index in [1.807, 2.05) is 21.1 Å². The van der Waals surface area contributed by atoms with Gasteiger partial charge in [0.05, 0.1) is 34.4 Å². The largest absolute Gasteiger partial charge is 0.477 e. The van der Waals surface area contributed by atoms with Crippen molar-refractivity contribution in [2.24, 2.45) is 0 Å². The summed E-state index contributed by atoms with van der Waals surface area (Å²) in [5.74, 6) is -1.98. The fourth-order valence-corrected chi connectivity index (χ4v) is 10.2. The van der Waals surface area contributed by atoms with Crippen molar-refractivity contribution in [2.45, 2.75) is 341 Å². The quantitative estimate of drug-likeness (QED) is 0.0211. The number of rotatable bonds is 65. The Morgan fingerprint density at radius 3 is 1.04 bits per heavy atom. The first-order valence-electron chi connectivity index (χ1n) is 35.0. The maximum atomic E-state index is 12.9. The van der Waals surface area contributed by atoms with Gasteiger partial charge in [0.15, 0.2) is 6.10 Å². The topological polar surface area (TPSA) is 108 Å². The molecule has 82 heavy (non-hydrogen) atoms. The standard InChI is InChI=1S/C73H133NO8/c1-6-8-10-12-14-16-18-20-22-24-26-28-30-31-32-33-34-35-36-37-38-39-40-41-42-44-46-48-50-52-54-56-58-60-62-64-71(76)82-69(68-81-73(72(77)78)79-66-65-74(3,4)5)67-80-70(75)63-61-59-57-55-53-51-49-47-45-43-29-27-25-23-21-19-17-15-13-11-9-7-2/h8,10,14,16,20,22,26,28,31-32,69,73H,6-7,9,11-13,15,17-19,21,23-25,27,29-30,33-68H2,1-5H3/p+1/b10-8-,16-14-,22-20-,28-26-,32-31-. The predicted octanol–water partition coefficient (Wildman–Crippen LogP) is 21.5. The Labute approximate surface area is 507 Å². The summed E-state index contributed by atoms with van der Waals surface area (Å²) in [6.07, 6.45) is 80.5. The predicted molar refractivity (Wildman–Crippen MR) is 350 cm³/mol. The van der Waals surface area contributed by atoms with Crippen molar-refractivity contribution < 1.29 is 42.9 Å². The number of carbonyl (C=O) groups is 3. The van der Waals surface area contributed by atoms with Crippen molar-refractivity contribution >= 4 is 17.9 Å². The molecule has 478 valence electrons. The first kappa shape index (κ1) is 79.0. The smallest absolute Gasteiger partial charge is 0.361 e. The van der Waals surface area contributed by atoms with Crippen LogP contribution in [-0.4, -0.2) is 87.4 Å². The van der Waals surface area contributed by atoms with Gasteiger partial charge in [0.2, 0.25) is 0 Å². The van der Waals surface area contributed by atoms with E-state index in [1.165, 1.54) is 231 Å². The first-order valence-corrected chi connectivity index (χ1v) is 35.0. The van der Waals surface area contributed by atoms with Crippen LogP contribution in [0.2, 0.25) is 0 Å². The van der Waals surface area contributed by atoms with Crippen LogP contribution in [0.15, 0.2) is 60.8 Å². The zero-order valence-electron chi connectivity index (χ0n) is 54.7. The van der Waals surface area contributed by atoms with Gasteiger partial charge in [0, 0.05) is 12.8 Å². The van der Waals surface area contributed by atoms with Gasteiger partial charge < -0.3 is 28.5 Å². The van der Waals surface area contributed by atoms with Gasteiger partial charge in [-0.25, -0.2) is 4.79 Å². The lowest BCUT2D eigenvalue weighted by Crippen LogP contribution is -2.40. The highest BCUT2D eigenvalue weighted by molar-refractivity contribution is 5.71. The molecular formula is C73H134NO8+. The van der Waals surface area contributed by atoms with E-state index in [1.54, 1.807) is 0 Å². The fraction of sp³-hybridized carbons (Fsp3) is 0.822. The Hall–Kier alpha value is -3.01. The van der Waals surface area contributed by atoms with E-state index in [2.05, 4.69) is 74.6 Å². The van der Waals surface area contributed by atoms with Gasteiger partial charge in [0.1, 0.15) is 13.2 Å². The van der Waals surface area contributed by atoms with Crippen LogP contribution in [0, 0.1) is 0 Å². The number of carboxylic acids is 1. The van der Waals surface area contributed by atoms with E-state index in [-0.39, 0.29) is 38.2 Å². The Morgan fingerprint density at radius 2 is 0.695 bits per heavy atom. The molecule has 0 heterocycles. The Kier molecular flexibility index (Phi) is 61.6. The minimum absolute atomic E-state index is 0.177. The Balaban J connectivity index is 4.05. The number of carboxylic acid groups (broad SMARTS) is 1. The van der Waals surface area contributed by atoms with Gasteiger partial charge in [-0.1, -0.05) is 319 Å². The molecule has 0 bridgehead atoms. The number of ether oxygens (including phenoxy) is 4. The SMILES string of the molecule is CC/C=C\C/C=C\C/C=C\C/C=C\C/C=C\CCCCCCCCCCCCCCCCCCCCCC(=O)OC(COC(=O)CCCCCCCCCCCCCCCCCCCCCCCC)COC(OCC[N+](C)(C)C)C(=O)O. The molecule has 0 saturated carbocycles. The minimum Gasteiger partial charge on any atom is -0.477 e. The van der Waals surface area contributed by atoms with Gasteiger partial charge in [-0.05, 0) is 57.8 Å². The van der Waals surface area contributed by atoms with Crippen molar-refractivity contribution in [3.05, 3.63) is 60.8 Å². The third-order valence-electron chi connectivity index (χ3n) is 15.5. The first-order chi connectivity index (χ1) is 40.1. The molecule has 0 fully saturated rings. The second-order valence-electron chi connectivity index (χ2n) is 24.8. The zero-order chi connectivity index (χ0) is 59.8. The van der Waals surface area contributed by atoms with Crippen molar-refractivity contribution in [2.75, 3.05) is 47.5 Å². The fourth-order valence-electron chi connectivity index (χ4n) is 10.2. The molecule has 0 radical (unpaired) electrons. The number of aliphatic carboxylic acids is 1. The molecule has 0 aromatic heterocycles. The molecule has 9 heteroatoms. The monoisotopic (exact) mass is 1150 g/mol. The molecule has 1 N–H and O–H groups in total. The van der Waals surface area contributed by atoms with Gasteiger partial charge in [-0.15, -0.1) is 0 Å². The van der Waals surface area contributed by atoms with Crippen molar-refractivity contribution in [1.82, 2.24) is 0 Å². The molecule has 2 unspecified atom stereocenters. The third kappa shape index (κ3) is 64.5. The Bertz CT molecular complexity index is 1530. The van der Waals surface area contributed by atoms with E-state index in [0.29, 0.717) is 17.4 Å². The van der Waals surface area contributed by atoms with Crippen LogP contribution in [0.25, 0.3) is 0 Å². The molecule has 9 nitrogen and oxygen atoms in total. The molecule has 0 aliphatic carbocycles. The maximum absolute atomic E-state index is 12.9. The van der Waals surface area contributed by atoms with E-state index < -0.39 is 18.4 Å². The summed E-state index contributed by atoms with van der Waals surface area (Å²) in [4.78, 5) is 37.6. The molecule has 0 aromatic rings. The van der Waals surface area contributed by atoms with E-state index in [4.69, 9.17) is 18.9 Å². The number of nitrogens with zero attached hydrogens (tertiary/aromatic N) is 1. The molecular weight excluding hydrogens is 1020 g/mol. The van der Waals surface area contributed by atoms with Crippen LogP contribution < -0.4 is 0 Å². The van der Waals surface area contributed by atoms with E-state index >= 15 is 0 Å². The summed E-state index contributed by atoms with van der Waals surface area (Å²) in [6.45, 7) is 4.82. The van der Waals surface area contributed by atoms with Crippen molar-refractivity contribution in [1.29, 1.82) is 0 Å². The van der Waals surface area contributed by atoms with Crippen molar-refractivity contribution in [3.8, 4) is 0 Å². The summed E-state index contributed by atoms with van der Waals surface area (Å²) in [6, 6.07) is 0.